The van der Waals surface area contributed by atoms with Crippen molar-refractivity contribution < 1.29 is 13.9 Å². The molecule has 1 aliphatic heterocycles. The second-order valence-electron chi connectivity index (χ2n) is 6.53. The van der Waals surface area contributed by atoms with Crippen LogP contribution >= 0.6 is 11.3 Å². The maximum atomic E-state index is 12.1. The van der Waals surface area contributed by atoms with Gasteiger partial charge < -0.3 is 13.7 Å². The van der Waals surface area contributed by atoms with Gasteiger partial charge in [0.05, 0.1) is 23.6 Å². The Morgan fingerprint density at radius 2 is 2.35 bits per heavy atom. The molecule has 4 rings (SSSR count). The van der Waals surface area contributed by atoms with Crippen LogP contribution in [-0.4, -0.2) is 28.2 Å². The van der Waals surface area contributed by atoms with E-state index in [1.165, 1.54) is 35.3 Å². The van der Waals surface area contributed by atoms with Gasteiger partial charge in [0.2, 0.25) is 0 Å². The molecule has 4 heterocycles. The van der Waals surface area contributed by atoms with Crippen LogP contribution in [0.25, 0.3) is 11.3 Å². The third kappa shape index (κ3) is 3.32. The highest BCUT2D eigenvalue weighted by Gasteiger charge is 2.20. The number of aryl methyl sites for hydroxylation is 1. The first kappa shape index (κ1) is 17.1. The molecule has 1 N–H and O–H groups in total. The molecule has 3 aromatic rings. The summed E-state index contributed by atoms with van der Waals surface area (Å²) >= 11 is 1.42. The summed E-state index contributed by atoms with van der Waals surface area (Å²) in [4.78, 5) is 16.7. The Kier molecular flexibility index (Phi) is 4.65. The summed E-state index contributed by atoms with van der Waals surface area (Å²) in [6, 6.07) is 3.78. The number of carbonyl (C=O) groups excluding carboxylic acids is 1. The number of hydrogen-bond donors (Lipinski definition) is 1. The van der Waals surface area contributed by atoms with Gasteiger partial charge in [0.15, 0.2) is 5.13 Å². The van der Waals surface area contributed by atoms with Crippen LogP contribution in [0.2, 0.25) is 0 Å². The Hall–Kier alpha value is -2.38. The number of rotatable bonds is 5. The van der Waals surface area contributed by atoms with Gasteiger partial charge in [-0.25, -0.2) is 4.98 Å². The van der Waals surface area contributed by atoms with Gasteiger partial charge in [-0.3, -0.25) is 10.1 Å². The highest BCUT2D eigenvalue weighted by molar-refractivity contribution is 7.14. The number of ether oxygens (including phenoxy) is 1. The average molecular weight is 371 g/mol. The molecule has 0 radical (unpaired) electrons. The van der Waals surface area contributed by atoms with Gasteiger partial charge in [-0.05, 0) is 38.8 Å². The number of carbonyl (C=O) groups is 1. The standard InChI is InChI=1S/C19H21N3O3S/c1-12-8-16(13(2)22(12)9-15-4-3-6-25-15)17-11-26-19(20-17)21-18(23)14-5-7-24-10-14/h5,7-8,10-11,15H,3-4,6,9H2,1-2H3,(H,20,21,23)/t15-/m0/s1. The molecule has 6 nitrogen and oxygen atoms in total. The van der Waals surface area contributed by atoms with Crippen molar-refractivity contribution in [3.05, 3.63) is 47.0 Å². The van der Waals surface area contributed by atoms with E-state index in [-0.39, 0.29) is 5.91 Å². The number of hydrogen-bond acceptors (Lipinski definition) is 5. The molecule has 0 unspecified atom stereocenters. The number of furan rings is 1. The Balaban J connectivity index is 1.53. The SMILES string of the molecule is Cc1cc(-c2csc(NC(=O)c3ccoc3)n2)c(C)n1C[C@@H]1CCCO1. The van der Waals surface area contributed by atoms with Gasteiger partial charge in [-0.15, -0.1) is 11.3 Å². The molecule has 7 heteroatoms. The van der Waals surface area contributed by atoms with Gasteiger partial charge in [0.25, 0.3) is 5.91 Å². The molecule has 0 aromatic carbocycles. The zero-order valence-corrected chi connectivity index (χ0v) is 15.6. The van der Waals surface area contributed by atoms with Crippen molar-refractivity contribution in [2.45, 2.75) is 39.3 Å². The summed E-state index contributed by atoms with van der Waals surface area (Å²) < 4.78 is 13.0. The minimum Gasteiger partial charge on any atom is -0.472 e. The molecule has 136 valence electrons. The summed E-state index contributed by atoms with van der Waals surface area (Å²) in [6.07, 6.45) is 5.46. The molecule has 26 heavy (non-hydrogen) atoms. The summed E-state index contributed by atoms with van der Waals surface area (Å²) in [5, 5.41) is 5.37. The highest BCUT2D eigenvalue weighted by Crippen LogP contribution is 2.31. The lowest BCUT2D eigenvalue weighted by atomic mass is 10.2. The van der Waals surface area contributed by atoms with Crippen molar-refractivity contribution in [3.8, 4) is 11.3 Å². The molecule has 0 bridgehead atoms. The lowest BCUT2D eigenvalue weighted by molar-refractivity contribution is 0.0962. The second-order valence-corrected chi connectivity index (χ2v) is 7.39. The summed E-state index contributed by atoms with van der Waals surface area (Å²) in [5.74, 6) is -0.219. The zero-order chi connectivity index (χ0) is 18.1. The summed E-state index contributed by atoms with van der Waals surface area (Å²) in [5.41, 5.74) is 4.84. The molecule has 0 spiro atoms. The van der Waals surface area contributed by atoms with Crippen LogP contribution in [0.3, 0.4) is 0 Å². The van der Waals surface area contributed by atoms with E-state index in [2.05, 4.69) is 34.8 Å². The van der Waals surface area contributed by atoms with E-state index in [1.54, 1.807) is 6.07 Å². The van der Waals surface area contributed by atoms with Crippen molar-refractivity contribution >= 4 is 22.4 Å². The fourth-order valence-corrected chi connectivity index (χ4v) is 4.06. The molecule has 1 saturated heterocycles. The second kappa shape index (κ2) is 7.09. The first-order chi connectivity index (χ1) is 12.6. The first-order valence-electron chi connectivity index (χ1n) is 8.69. The number of anilines is 1. The molecular formula is C19H21N3O3S. The molecule has 1 aliphatic rings. The van der Waals surface area contributed by atoms with Crippen LogP contribution in [0.5, 0.6) is 0 Å². The van der Waals surface area contributed by atoms with E-state index in [0.29, 0.717) is 16.8 Å². The lowest BCUT2D eigenvalue weighted by Gasteiger charge is -2.14. The van der Waals surface area contributed by atoms with Crippen LogP contribution in [0.15, 0.2) is 34.5 Å². The Morgan fingerprint density at radius 3 is 3.08 bits per heavy atom. The lowest BCUT2D eigenvalue weighted by Crippen LogP contribution is -2.16. The fraction of sp³-hybridized carbons (Fsp3) is 0.368. The predicted octanol–water partition coefficient (Wildman–Crippen LogP) is 4.25. The number of aromatic nitrogens is 2. The third-order valence-electron chi connectivity index (χ3n) is 4.77. The van der Waals surface area contributed by atoms with Crippen molar-refractivity contribution in [3.63, 3.8) is 0 Å². The molecule has 1 fully saturated rings. The van der Waals surface area contributed by atoms with Crippen LogP contribution < -0.4 is 5.32 Å². The molecular weight excluding hydrogens is 350 g/mol. The molecule has 3 aromatic heterocycles. The van der Waals surface area contributed by atoms with Gasteiger partial charge in [0, 0.05) is 35.5 Å². The largest absolute Gasteiger partial charge is 0.472 e. The van der Waals surface area contributed by atoms with Crippen LogP contribution in [-0.2, 0) is 11.3 Å². The van der Waals surface area contributed by atoms with Crippen LogP contribution in [0, 0.1) is 13.8 Å². The molecule has 1 atom stereocenters. The maximum absolute atomic E-state index is 12.1. The third-order valence-corrected chi connectivity index (χ3v) is 5.53. The van der Waals surface area contributed by atoms with E-state index in [1.807, 2.05) is 5.38 Å². The Morgan fingerprint density at radius 1 is 1.46 bits per heavy atom. The normalized spacial score (nSPS) is 16.9. The minimum absolute atomic E-state index is 0.219. The minimum atomic E-state index is -0.219. The molecule has 1 amide bonds. The summed E-state index contributed by atoms with van der Waals surface area (Å²) in [7, 11) is 0. The highest BCUT2D eigenvalue weighted by atomic mass is 32.1. The van der Waals surface area contributed by atoms with Crippen molar-refractivity contribution in [1.29, 1.82) is 0 Å². The average Bonchev–Trinajstić information content (AvgIpc) is 3.40. The smallest absolute Gasteiger partial charge is 0.260 e. The Labute approximate surface area is 155 Å². The van der Waals surface area contributed by atoms with E-state index in [9.17, 15) is 4.79 Å². The first-order valence-corrected chi connectivity index (χ1v) is 9.57. The predicted molar refractivity (Wildman–Crippen MR) is 101 cm³/mol. The van der Waals surface area contributed by atoms with Gasteiger partial charge >= 0.3 is 0 Å². The maximum Gasteiger partial charge on any atom is 0.260 e. The number of thiazole rings is 1. The van der Waals surface area contributed by atoms with Gasteiger partial charge in [0.1, 0.15) is 6.26 Å². The molecule has 0 saturated carbocycles. The van der Waals surface area contributed by atoms with E-state index in [4.69, 9.17) is 9.15 Å². The Bertz CT molecular complexity index is 905. The van der Waals surface area contributed by atoms with E-state index < -0.39 is 0 Å². The van der Waals surface area contributed by atoms with Crippen LogP contribution in [0.4, 0.5) is 5.13 Å². The zero-order valence-electron chi connectivity index (χ0n) is 14.8. The fourth-order valence-electron chi connectivity index (χ4n) is 3.35. The quantitative estimate of drug-likeness (QED) is 0.728. The number of amides is 1. The number of nitrogens with zero attached hydrogens (tertiary/aromatic N) is 2. The van der Waals surface area contributed by atoms with Gasteiger partial charge in [-0.2, -0.15) is 0 Å². The number of nitrogens with one attached hydrogen (secondary N) is 1. The topological polar surface area (TPSA) is 69.3 Å². The molecule has 0 aliphatic carbocycles. The van der Waals surface area contributed by atoms with Crippen molar-refractivity contribution in [2.75, 3.05) is 11.9 Å². The summed E-state index contributed by atoms with van der Waals surface area (Å²) in [6.45, 7) is 5.97. The van der Waals surface area contributed by atoms with Crippen molar-refractivity contribution in [2.24, 2.45) is 0 Å². The van der Waals surface area contributed by atoms with Crippen LogP contribution in [0.1, 0.15) is 34.6 Å². The van der Waals surface area contributed by atoms with Crippen molar-refractivity contribution in [1.82, 2.24) is 9.55 Å². The van der Waals surface area contributed by atoms with E-state index in [0.717, 1.165) is 37.3 Å². The monoisotopic (exact) mass is 371 g/mol. The van der Waals surface area contributed by atoms with Gasteiger partial charge in [-0.1, -0.05) is 0 Å². The van der Waals surface area contributed by atoms with E-state index >= 15 is 0 Å².